The quantitative estimate of drug-likeness (QED) is 0.329. The van der Waals surface area contributed by atoms with Gasteiger partial charge < -0.3 is 53.1 Å². The van der Waals surface area contributed by atoms with Crippen molar-refractivity contribution in [3.05, 3.63) is 83.0 Å². The second-order valence-corrected chi connectivity index (χ2v) is 18.8. The first-order valence-corrected chi connectivity index (χ1v) is 20.7. The van der Waals surface area contributed by atoms with E-state index in [1.165, 1.54) is 98.1 Å². The number of hydrogen-bond donors (Lipinski definition) is 0. The molecule has 0 N–H and O–H groups in total. The second kappa shape index (κ2) is 10.8. The Hall–Kier alpha value is -2.06. The van der Waals surface area contributed by atoms with Gasteiger partial charge in [-0.3, -0.25) is 0 Å². The molecule has 6 nitrogen and oxygen atoms in total. The van der Waals surface area contributed by atoms with E-state index in [0.717, 1.165) is 13.2 Å². The maximum Gasteiger partial charge on any atom is 0.136 e. The van der Waals surface area contributed by atoms with Crippen molar-refractivity contribution in [1.82, 2.24) is 0 Å². The molecule has 7 fully saturated rings. The van der Waals surface area contributed by atoms with Gasteiger partial charge in [0.15, 0.2) is 0 Å². The molecule has 8 heteroatoms. The molecule has 4 unspecified atom stereocenters. The molecule has 14 atom stereocenters. The highest BCUT2D eigenvalue weighted by atomic mass is 35.5. The van der Waals surface area contributed by atoms with Crippen molar-refractivity contribution in [3.8, 4) is 0 Å². The Labute approximate surface area is 322 Å². The van der Waals surface area contributed by atoms with Crippen LogP contribution in [0.25, 0.3) is 0 Å². The third-order valence-electron chi connectivity index (χ3n) is 17.8. The minimum atomic E-state index is 0. The average molecular weight is 742 g/mol. The van der Waals surface area contributed by atoms with Gasteiger partial charge in [-0.2, -0.15) is 0 Å². The van der Waals surface area contributed by atoms with Crippen molar-refractivity contribution in [2.75, 3.05) is 62.3 Å². The van der Waals surface area contributed by atoms with E-state index >= 15 is 0 Å². The number of benzene rings is 2. The van der Waals surface area contributed by atoms with Crippen LogP contribution in [0, 0.1) is 23.7 Å². The van der Waals surface area contributed by atoms with Crippen LogP contribution in [0.15, 0.2) is 71.8 Å². The number of para-hydroxylation sites is 2. The fourth-order valence-corrected chi connectivity index (χ4v) is 16.9. The third-order valence-corrected chi connectivity index (χ3v) is 17.8. The smallest absolute Gasteiger partial charge is 0.136 e. The highest BCUT2D eigenvalue weighted by molar-refractivity contribution is 5.72. The lowest BCUT2D eigenvalue weighted by molar-refractivity contribution is -0.943. The van der Waals surface area contributed by atoms with E-state index in [0.29, 0.717) is 47.8 Å². The predicted molar refractivity (Wildman–Crippen MR) is 195 cm³/mol. The first-order valence-electron chi connectivity index (χ1n) is 20.7. The lowest BCUT2D eigenvalue weighted by Gasteiger charge is -2.65. The minimum Gasteiger partial charge on any atom is -1.00 e. The van der Waals surface area contributed by atoms with Crippen LogP contribution < -0.4 is 34.6 Å². The molecule has 9 aliphatic heterocycles. The Morgan fingerprint density at radius 2 is 1.10 bits per heavy atom. The summed E-state index contributed by atoms with van der Waals surface area (Å²) in [6, 6.07) is 21.8. The number of nitrogens with zero attached hydrogens (tertiary/aromatic N) is 4. The molecule has 276 valence electrons. The molecule has 52 heavy (non-hydrogen) atoms. The Bertz CT molecular complexity index is 1780. The van der Waals surface area contributed by atoms with Crippen molar-refractivity contribution in [1.29, 1.82) is 0 Å². The van der Waals surface area contributed by atoms with Crippen molar-refractivity contribution >= 4 is 11.4 Å². The fraction of sp³-hybridized carbons (Fsp3) is 0.636. The van der Waals surface area contributed by atoms with Crippen LogP contribution in [-0.2, 0) is 20.3 Å². The van der Waals surface area contributed by atoms with Gasteiger partial charge in [-0.05, 0) is 47.2 Å². The number of rotatable bonds is 4. The van der Waals surface area contributed by atoms with Gasteiger partial charge in [0.25, 0.3) is 0 Å². The van der Waals surface area contributed by atoms with E-state index in [1.54, 1.807) is 22.3 Å². The number of fused-ring (bicyclic) bond motifs is 6. The van der Waals surface area contributed by atoms with Crippen LogP contribution in [0.4, 0.5) is 11.4 Å². The number of halogens is 2. The van der Waals surface area contributed by atoms with Gasteiger partial charge >= 0.3 is 0 Å². The van der Waals surface area contributed by atoms with Crippen LogP contribution >= 0.6 is 0 Å². The highest BCUT2D eigenvalue weighted by Crippen LogP contribution is 2.72. The van der Waals surface area contributed by atoms with Gasteiger partial charge in [-0.15, -0.1) is 0 Å². The van der Waals surface area contributed by atoms with E-state index < -0.39 is 0 Å². The predicted octanol–water partition coefficient (Wildman–Crippen LogP) is 0.124. The molecule has 2 aromatic carbocycles. The standard InChI is InChI=1S/C44H54N4O2.2ClH/c1-3-17-47-19-15-43-31-9-5-7-11-33(31)45-39(43)37-29(23-35(43)47)27(25-47)13-21-49-41(37)46-34-12-8-6-10-32(34)44-16-20-48(18-4-2)26-28-14-22-50-42(45)38(40(44)46)30(28)24-36(44)48;;/h5-14,29-30,35-42H,3-4,15-26H2,1-2H3;2*1H/q+2;;/p-2/t29-,30-,35-,36-,37+,38+,39-,40-,41+,42+,43?,44?,47?,48?;;/m0../s1. The van der Waals surface area contributed by atoms with Crippen molar-refractivity contribution in [2.45, 2.75) is 99.8 Å². The van der Waals surface area contributed by atoms with Gasteiger partial charge in [0.1, 0.15) is 37.6 Å². The molecule has 2 aromatic rings. The zero-order valence-electron chi connectivity index (χ0n) is 30.8. The molecule has 0 amide bonds. The van der Waals surface area contributed by atoms with Gasteiger partial charge in [0.05, 0.1) is 62.3 Å². The van der Waals surface area contributed by atoms with Crippen LogP contribution in [0.3, 0.4) is 0 Å². The normalized spacial score (nSPS) is 48.1. The van der Waals surface area contributed by atoms with Crippen LogP contribution in [0.5, 0.6) is 0 Å². The van der Waals surface area contributed by atoms with Crippen molar-refractivity contribution < 1.29 is 43.3 Å². The van der Waals surface area contributed by atoms with Gasteiger partial charge in [-0.25, -0.2) is 0 Å². The number of piperidine rings is 2. The minimum absolute atomic E-state index is 0. The van der Waals surface area contributed by atoms with E-state index in [2.05, 4.69) is 84.3 Å². The van der Waals surface area contributed by atoms with Gasteiger partial charge in [0.2, 0.25) is 0 Å². The lowest BCUT2D eigenvalue weighted by atomic mass is 9.52. The number of quaternary nitrogens is 2. The Balaban J connectivity index is 0.00000160. The number of anilines is 2. The molecule has 2 spiro atoms. The summed E-state index contributed by atoms with van der Waals surface area (Å²) in [5.74, 6) is 1.97. The molecule has 13 rings (SSSR count). The molecule has 5 saturated heterocycles. The zero-order chi connectivity index (χ0) is 32.8. The zero-order valence-corrected chi connectivity index (χ0v) is 32.3. The Kier molecular flexibility index (Phi) is 6.93. The lowest BCUT2D eigenvalue weighted by Crippen LogP contribution is -3.00. The largest absolute Gasteiger partial charge is 1.00 e. The molecule has 4 bridgehead atoms. The molecule has 9 heterocycles. The van der Waals surface area contributed by atoms with E-state index in [4.69, 9.17) is 9.47 Å². The van der Waals surface area contributed by atoms with Crippen LogP contribution in [0.2, 0.25) is 0 Å². The molecular formula is C44H54Cl2N4O2. The summed E-state index contributed by atoms with van der Waals surface area (Å²) in [4.78, 5) is 6.03. The monoisotopic (exact) mass is 740 g/mol. The molecule has 0 aromatic heterocycles. The highest BCUT2D eigenvalue weighted by Gasteiger charge is 2.80. The third kappa shape index (κ3) is 3.41. The van der Waals surface area contributed by atoms with Gasteiger partial charge in [0, 0.05) is 60.7 Å². The molecule has 2 saturated carbocycles. The topological polar surface area (TPSA) is 24.9 Å². The first kappa shape index (κ1) is 33.3. The van der Waals surface area contributed by atoms with Crippen LogP contribution in [0.1, 0.15) is 63.5 Å². The summed E-state index contributed by atoms with van der Waals surface area (Å²) in [6.07, 6.45) is 13.1. The summed E-state index contributed by atoms with van der Waals surface area (Å²) in [5, 5.41) is 0. The summed E-state index contributed by atoms with van der Waals surface area (Å²) < 4.78 is 17.7. The van der Waals surface area contributed by atoms with E-state index in [-0.39, 0.29) is 48.1 Å². The SMILES string of the molecule is CCC[N+]12CCC34c5ccccc5N5[C@@H]6OCC=C7C[N+]8(CCC)CCC9%10c%11ccccc%11N([C@@H]%11OCC=C(C1)[C@H](C[C@@H]32)[C@@H]%11[C@H]54)[C@H]9[C@H]6[C@H]7C[C@@H]%108.[Cl-].[Cl-]. The maximum atomic E-state index is 7.55. The van der Waals surface area contributed by atoms with E-state index in [1.807, 2.05) is 0 Å². The van der Waals surface area contributed by atoms with Crippen molar-refractivity contribution in [2.24, 2.45) is 23.7 Å². The molecular weight excluding hydrogens is 687 g/mol. The summed E-state index contributed by atoms with van der Waals surface area (Å²) in [5.41, 5.74) is 10.1. The average Bonchev–Trinajstić information content (AvgIpc) is 3.75. The van der Waals surface area contributed by atoms with Gasteiger partial charge in [-0.1, -0.05) is 62.4 Å². The summed E-state index contributed by atoms with van der Waals surface area (Å²) >= 11 is 0. The Morgan fingerprint density at radius 3 is 1.54 bits per heavy atom. The Morgan fingerprint density at radius 1 is 0.654 bits per heavy atom. The summed E-state index contributed by atoms with van der Waals surface area (Å²) in [6.45, 7) is 14.1. The number of hydrogen-bond acceptors (Lipinski definition) is 4. The maximum absolute atomic E-state index is 7.55. The fourth-order valence-electron chi connectivity index (χ4n) is 16.9. The van der Waals surface area contributed by atoms with Crippen molar-refractivity contribution in [3.63, 3.8) is 0 Å². The van der Waals surface area contributed by atoms with E-state index in [9.17, 15) is 0 Å². The molecule has 2 aliphatic carbocycles. The molecule has 11 aliphatic rings. The second-order valence-electron chi connectivity index (χ2n) is 18.8. The summed E-state index contributed by atoms with van der Waals surface area (Å²) in [7, 11) is 0. The molecule has 0 radical (unpaired) electrons. The van der Waals surface area contributed by atoms with Crippen LogP contribution in [-0.4, -0.2) is 98.1 Å². The first-order chi connectivity index (χ1) is 24.6. The number of ether oxygens (including phenoxy) is 2.